The summed E-state index contributed by atoms with van der Waals surface area (Å²) in [7, 11) is 2.00. The van der Waals surface area contributed by atoms with E-state index in [0.29, 0.717) is 19.0 Å². The van der Waals surface area contributed by atoms with E-state index in [2.05, 4.69) is 33.9 Å². The van der Waals surface area contributed by atoms with Gasteiger partial charge in [-0.3, -0.25) is 0 Å². The van der Waals surface area contributed by atoms with Gasteiger partial charge >= 0.3 is 0 Å². The molecular weight excluding hydrogens is 264 g/mol. The maximum absolute atomic E-state index is 5.78. The molecule has 0 fully saturated rings. The lowest BCUT2D eigenvalue weighted by Gasteiger charge is -2.20. The van der Waals surface area contributed by atoms with Crippen molar-refractivity contribution in [2.45, 2.75) is 26.4 Å². The van der Waals surface area contributed by atoms with Gasteiger partial charge in [0.25, 0.3) is 0 Å². The first kappa shape index (κ1) is 15.3. The summed E-state index contributed by atoms with van der Waals surface area (Å²) in [5.41, 5.74) is 8.14. The van der Waals surface area contributed by atoms with Crippen molar-refractivity contribution in [1.29, 1.82) is 0 Å². The van der Waals surface area contributed by atoms with Crippen molar-refractivity contribution >= 4 is 5.82 Å². The van der Waals surface area contributed by atoms with Crippen LogP contribution in [0.3, 0.4) is 0 Å². The molecule has 0 radical (unpaired) electrons. The molecule has 0 aliphatic rings. The summed E-state index contributed by atoms with van der Waals surface area (Å²) in [4.78, 5) is 10.5. The van der Waals surface area contributed by atoms with Crippen LogP contribution >= 0.6 is 0 Å². The summed E-state index contributed by atoms with van der Waals surface area (Å²) in [5.74, 6) is 1.45. The van der Waals surface area contributed by atoms with Crippen molar-refractivity contribution < 1.29 is 4.74 Å². The smallest absolute Gasteiger partial charge is 0.218 e. The number of ether oxygens (including phenoxy) is 1. The Balaban J connectivity index is 2.10. The summed E-state index contributed by atoms with van der Waals surface area (Å²) in [6, 6.07) is 10.0. The molecule has 112 valence electrons. The zero-order chi connectivity index (χ0) is 15.1. The van der Waals surface area contributed by atoms with E-state index in [-0.39, 0.29) is 0 Å². The van der Waals surface area contributed by atoms with E-state index < -0.39 is 0 Å². The first-order valence-electron chi connectivity index (χ1n) is 7.17. The van der Waals surface area contributed by atoms with Crippen LogP contribution < -0.4 is 15.4 Å². The largest absolute Gasteiger partial charge is 0.478 e. The molecule has 1 heterocycles. The van der Waals surface area contributed by atoms with E-state index in [1.807, 2.05) is 25.2 Å². The second-order valence-electron chi connectivity index (χ2n) is 4.89. The molecule has 2 aromatic rings. The van der Waals surface area contributed by atoms with Crippen LogP contribution in [0.2, 0.25) is 0 Å². The third kappa shape index (κ3) is 4.16. The van der Waals surface area contributed by atoms with Gasteiger partial charge in [0.1, 0.15) is 12.1 Å². The highest BCUT2D eigenvalue weighted by molar-refractivity contribution is 5.42. The van der Waals surface area contributed by atoms with Gasteiger partial charge in [-0.15, -0.1) is 0 Å². The first-order chi connectivity index (χ1) is 10.2. The third-order valence-corrected chi connectivity index (χ3v) is 3.22. The van der Waals surface area contributed by atoms with E-state index in [1.165, 1.54) is 11.9 Å². The predicted molar refractivity (Wildman–Crippen MR) is 84.3 cm³/mol. The molecule has 1 aromatic heterocycles. The van der Waals surface area contributed by atoms with E-state index in [0.717, 1.165) is 24.3 Å². The number of aromatic nitrogens is 2. The number of nitrogens with two attached hydrogens (primary N) is 1. The number of rotatable bonds is 7. The first-order valence-corrected chi connectivity index (χ1v) is 7.17. The summed E-state index contributed by atoms with van der Waals surface area (Å²) >= 11 is 0. The Labute approximate surface area is 125 Å². The van der Waals surface area contributed by atoms with Crippen molar-refractivity contribution in [1.82, 2.24) is 9.97 Å². The predicted octanol–water partition coefficient (Wildman–Crippen LogP) is 2.36. The van der Waals surface area contributed by atoms with E-state index in [4.69, 9.17) is 10.5 Å². The monoisotopic (exact) mass is 286 g/mol. The molecule has 2 rings (SSSR count). The SMILES string of the molecule is CCCOc1cc(N(C)Cc2ccccc2CN)ncn1. The van der Waals surface area contributed by atoms with Crippen LogP contribution in [0.25, 0.3) is 0 Å². The maximum Gasteiger partial charge on any atom is 0.218 e. The van der Waals surface area contributed by atoms with Crippen molar-refractivity contribution in [2.75, 3.05) is 18.6 Å². The molecule has 0 bridgehead atoms. The lowest BCUT2D eigenvalue weighted by Crippen LogP contribution is -2.19. The van der Waals surface area contributed by atoms with Gasteiger partial charge in [0.05, 0.1) is 6.61 Å². The topological polar surface area (TPSA) is 64.3 Å². The summed E-state index contributed by atoms with van der Waals surface area (Å²) < 4.78 is 5.54. The number of benzene rings is 1. The molecule has 2 N–H and O–H groups in total. The Bertz CT molecular complexity index is 574. The number of hydrogen-bond donors (Lipinski definition) is 1. The molecule has 0 unspecified atom stereocenters. The van der Waals surface area contributed by atoms with E-state index in [1.54, 1.807) is 0 Å². The second-order valence-corrected chi connectivity index (χ2v) is 4.89. The fourth-order valence-corrected chi connectivity index (χ4v) is 2.07. The van der Waals surface area contributed by atoms with Gasteiger partial charge in [-0.25, -0.2) is 9.97 Å². The highest BCUT2D eigenvalue weighted by Crippen LogP contribution is 2.18. The quantitative estimate of drug-likeness (QED) is 0.846. The Morgan fingerprint density at radius 1 is 1.19 bits per heavy atom. The van der Waals surface area contributed by atoms with Crippen LogP contribution in [0.4, 0.5) is 5.82 Å². The molecule has 0 saturated heterocycles. The highest BCUT2D eigenvalue weighted by Gasteiger charge is 2.08. The lowest BCUT2D eigenvalue weighted by molar-refractivity contribution is 0.304. The molecule has 5 heteroatoms. The summed E-state index contributed by atoms with van der Waals surface area (Å²) in [6.07, 6.45) is 2.49. The fraction of sp³-hybridized carbons (Fsp3) is 0.375. The van der Waals surface area contributed by atoms with Crippen molar-refractivity contribution in [2.24, 2.45) is 5.73 Å². The summed E-state index contributed by atoms with van der Waals surface area (Å²) in [6.45, 7) is 4.02. The van der Waals surface area contributed by atoms with Gasteiger partial charge in [0.2, 0.25) is 5.88 Å². The number of nitrogens with zero attached hydrogens (tertiary/aromatic N) is 3. The van der Waals surface area contributed by atoms with Crippen LogP contribution in [-0.2, 0) is 13.1 Å². The van der Waals surface area contributed by atoms with Gasteiger partial charge in [-0.1, -0.05) is 31.2 Å². The van der Waals surface area contributed by atoms with Crippen molar-refractivity contribution in [3.05, 3.63) is 47.8 Å². The molecular formula is C16H22N4O. The van der Waals surface area contributed by atoms with Crippen molar-refractivity contribution in [3.8, 4) is 5.88 Å². The Hall–Kier alpha value is -2.14. The Morgan fingerprint density at radius 3 is 2.67 bits per heavy atom. The van der Waals surface area contributed by atoms with Crippen LogP contribution in [0.5, 0.6) is 5.88 Å². The standard InChI is InChI=1S/C16H22N4O/c1-3-8-21-16-9-15(18-12-19-16)20(2)11-14-7-5-4-6-13(14)10-17/h4-7,9,12H,3,8,10-11,17H2,1-2H3. The molecule has 0 spiro atoms. The summed E-state index contributed by atoms with van der Waals surface area (Å²) in [5, 5.41) is 0. The highest BCUT2D eigenvalue weighted by atomic mass is 16.5. The third-order valence-electron chi connectivity index (χ3n) is 3.22. The van der Waals surface area contributed by atoms with Gasteiger partial charge in [0, 0.05) is 26.2 Å². The van der Waals surface area contributed by atoms with Crippen LogP contribution in [-0.4, -0.2) is 23.6 Å². The molecule has 1 aromatic carbocycles. The second kappa shape index (κ2) is 7.59. The van der Waals surface area contributed by atoms with Gasteiger partial charge < -0.3 is 15.4 Å². The average Bonchev–Trinajstić information content (AvgIpc) is 2.53. The van der Waals surface area contributed by atoms with Gasteiger partial charge in [-0.05, 0) is 17.5 Å². The molecule has 0 atom stereocenters. The Kier molecular flexibility index (Phi) is 5.51. The molecule has 0 aliphatic carbocycles. The maximum atomic E-state index is 5.78. The molecule has 21 heavy (non-hydrogen) atoms. The van der Waals surface area contributed by atoms with E-state index in [9.17, 15) is 0 Å². The minimum atomic E-state index is 0.540. The molecule has 0 amide bonds. The molecule has 0 saturated carbocycles. The van der Waals surface area contributed by atoms with Crippen LogP contribution in [0, 0.1) is 0 Å². The number of hydrogen-bond acceptors (Lipinski definition) is 5. The van der Waals surface area contributed by atoms with Gasteiger partial charge in [0.15, 0.2) is 0 Å². The normalized spacial score (nSPS) is 10.4. The lowest BCUT2D eigenvalue weighted by atomic mass is 10.1. The zero-order valence-corrected chi connectivity index (χ0v) is 12.6. The van der Waals surface area contributed by atoms with Gasteiger partial charge in [-0.2, -0.15) is 0 Å². The van der Waals surface area contributed by atoms with Crippen LogP contribution in [0.1, 0.15) is 24.5 Å². The fourth-order valence-electron chi connectivity index (χ4n) is 2.07. The minimum Gasteiger partial charge on any atom is -0.478 e. The van der Waals surface area contributed by atoms with E-state index >= 15 is 0 Å². The van der Waals surface area contributed by atoms with Crippen LogP contribution in [0.15, 0.2) is 36.7 Å². The number of anilines is 1. The minimum absolute atomic E-state index is 0.540. The average molecular weight is 286 g/mol. The van der Waals surface area contributed by atoms with Crippen molar-refractivity contribution in [3.63, 3.8) is 0 Å². The Morgan fingerprint density at radius 2 is 1.95 bits per heavy atom. The molecule has 0 aliphatic heterocycles. The molecule has 5 nitrogen and oxygen atoms in total. The zero-order valence-electron chi connectivity index (χ0n) is 12.6.